The van der Waals surface area contributed by atoms with Crippen LogP contribution in [-0.2, 0) is 21.6 Å². The molecule has 1 rings (SSSR count). The molecule has 20 heavy (non-hydrogen) atoms. The fraction of sp³-hybridized carbons (Fsp3) is 0.600. The second-order valence-electron chi connectivity index (χ2n) is 7.34. The predicted octanol–water partition coefficient (Wildman–Crippen LogP) is 3.03. The van der Waals surface area contributed by atoms with Crippen LogP contribution in [0.1, 0.15) is 58.2 Å². The normalized spacial score (nSPS) is 16.0. The molecule has 0 aromatic heterocycles. The van der Waals surface area contributed by atoms with Crippen molar-refractivity contribution >= 4 is 7.60 Å². The molecule has 1 atom stereocenters. The van der Waals surface area contributed by atoms with E-state index in [4.69, 9.17) is 4.89 Å². The van der Waals surface area contributed by atoms with Crippen molar-refractivity contribution in [1.29, 1.82) is 0 Å². The van der Waals surface area contributed by atoms with Gasteiger partial charge < -0.3 is 19.5 Å². The summed E-state index contributed by atoms with van der Waals surface area (Å²) < 4.78 is 11.1. The highest BCUT2D eigenvalue weighted by Gasteiger charge is 2.26. The number of hydrogen-bond donors (Lipinski definition) is 2. The van der Waals surface area contributed by atoms with Gasteiger partial charge in [0, 0.05) is 6.16 Å². The molecule has 0 saturated heterocycles. The van der Waals surface area contributed by atoms with E-state index in [1.807, 2.05) is 41.5 Å². The summed E-state index contributed by atoms with van der Waals surface area (Å²) in [5, 5.41) is 10.5. The van der Waals surface area contributed by atoms with Gasteiger partial charge in [0.25, 0.3) is 0 Å². The molecule has 114 valence electrons. The smallest absolute Gasteiger partial charge is 0.136 e. The third kappa shape index (κ3) is 4.34. The number of rotatable bonds is 2. The first kappa shape index (κ1) is 17.2. The van der Waals surface area contributed by atoms with Gasteiger partial charge in [-0.2, -0.15) is 0 Å². The van der Waals surface area contributed by atoms with Crippen molar-refractivity contribution in [3.8, 4) is 5.75 Å². The molecule has 2 N–H and O–H groups in total. The van der Waals surface area contributed by atoms with Gasteiger partial charge in [-0.15, -0.1) is 0 Å². The van der Waals surface area contributed by atoms with Gasteiger partial charge in [0.1, 0.15) is 13.3 Å². The largest absolute Gasteiger partial charge is 0.778 e. The van der Waals surface area contributed by atoms with E-state index in [2.05, 4.69) is 0 Å². The summed E-state index contributed by atoms with van der Waals surface area (Å²) in [6, 6.07) is 3.32. The Labute approximate surface area is 121 Å². The van der Waals surface area contributed by atoms with Crippen LogP contribution >= 0.6 is 7.60 Å². The van der Waals surface area contributed by atoms with E-state index in [1.54, 1.807) is 12.1 Å². The van der Waals surface area contributed by atoms with Gasteiger partial charge in [-0.25, -0.2) is 0 Å². The van der Waals surface area contributed by atoms with Crippen molar-refractivity contribution in [2.75, 3.05) is 0 Å². The fourth-order valence-electron chi connectivity index (χ4n) is 2.16. The molecule has 0 saturated carbocycles. The molecule has 0 amide bonds. The molecule has 1 aromatic carbocycles. The second kappa shape index (κ2) is 5.18. The number of phenolic OH excluding ortho intramolecular Hbond substituents is 1. The molecule has 0 aliphatic carbocycles. The lowest BCUT2D eigenvalue weighted by Gasteiger charge is -2.29. The summed E-state index contributed by atoms with van der Waals surface area (Å²) in [5.41, 5.74) is 1.24. The third-order valence-electron chi connectivity index (χ3n) is 3.17. The second-order valence-corrected chi connectivity index (χ2v) is 8.93. The maximum atomic E-state index is 11.1. The summed E-state index contributed by atoms with van der Waals surface area (Å²) in [6.07, 6.45) is -0.417. The molecule has 0 heterocycles. The van der Waals surface area contributed by atoms with Crippen LogP contribution in [0.25, 0.3) is 0 Å². The van der Waals surface area contributed by atoms with Crippen LogP contribution in [0, 0.1) is 0 Å². The Morgan fingerprint density at radius 3 is 1.65 bits per heavy atom. The van der Waals surface area contributed by atoms with Gasteiger partial charge in [-0.3, -0.25) is 0 Å². The van der Waals surface area contributed by atoms with Crippen molar-refractivity contribution < 1.29 is 19.5 Å². The molecule has 1 unspecified atom stereocenters. The van der Waals surface area contributed by atoms with E-state index in [9.17, 15) is 14.6 Å². The Balaban J connectivity index is 3.55. The lowest BCUT2D eigenvalue weighted by atomic mass is 9.78. The lowest BCUT2D eigenvalue weighted by Crippen LogP contribution is -2.18. The van der Waals surface area contributed by atoms with E-state index in [-0.39, 0.29) is 16.6 Å². The Morgan fingerprint density at radius 2 is 1.40 bits per heavy atom. The third-order valence-corrected chi connectivity index (χ3v) is 3.93. The fourth-order valence-corrected chi connectivity index (χ4v) is 2.80. The number of benzene rings is 1. The predicted molar refractivity (Wildman–Crippen MR) is 79.0 cm³/mol. The quantitative estimate of drug-likeness (QED) is 0.822. The monoisotopic (exact) mass is 299 g/mol. The van der Waals surface area contributed by atoms with Crippen LogP contribution < -0.4 is 4.89 Å². The summed E-state index contributed by atoms with van der Waals surface area (Å²) >= 11 is 0. The minimum absolute atomic E-state index is 0.201. The maximum Gasteiger partial charge on any atom is 0.136 e. The SMILES string of the molecule is CC(C)(C)c1cc(CP(=O)([O-])O)cc(C(C)(C)C)c1O. The Kier molecular flexibility index (Phi) is 4.46. The Hall–Kier alpha value is -0.830. The van der Waals surface area contributed by atoms with Gasteiger partial charge in [0.2, 0.25) is 0 Å². The van der Waals surface area contributed by atoms with E-state index in [0.29, 0.717) is 16.7 Å². The van der Waals surface area contributed by atoms with Crippen LogP contribution in [0.5, 0.6) is 5.75 Å². The standard InChI is InChI=1S/C15H25O4P/c1-14(2,3)11-7-10(9-20(17,18)19)8-12(13(11)16)15(4,5)6/h7-8,16H,9H2,1-6H3,(H2,17,18,19)/p-1. The summed E-state index contributed by atoms with van der Waals surface area (Å²) in [5.74, 6) is 0.201. The van der Waals surface area contributed by atoms with E-state index in [1.165, 1.54) is 0 Å². The molecule has 0 spiro atoms. The molecule has 0 bridgehead atoms. The van der Waals surface area contributed by atoms with Crippen molar-refractivity contribution in [2.45, 2.75) is 58.5 Å². The highest BCUT2D eigenvalue weighted by molar-refractivity contribution is 7.49. The zero-order valence-corrected chi connectivity index (χ0v) is 13.9. The molecule has 4 nitrogen and oxygen atoms in total. The first-order valence-electron chi connectivity index (χ1n) is 6.61. The minimum Gasteiger partial charge on any atom is -0.778 e. The average Bonchev–Trinajstić information content (AvgIpc) is 2.14. The molecule has 1 aromatic rings. The van der Waals surface area contributed by atoms with Gasteiger partial charge in [-0.1, -0.05) is 53.7 Å². The van der Waals surface area contributed by atoms with Crippen molar-refractivity contribution in [2.24, 2.45) is 0 Å². The van der Waals surface area contributed by atoms with Crippen LogP contribution in [0.4, 0.5) is 0 Å². The topological polar surface area (TPSA) is 80.6 Å². The zero-order valence-electron chi connectivity index (χ0n) is 13.0. The van der Waals surface area contributed by atoms with Crippen LogP contribution in [-0.4, -0.2) is 10.00 Å². The minimum atomic E-state index is -4.38. The van der Waals surface area contributed by atoms with E-state index >= 15 is 0 Å². The number of phenols is 1. The summed E-state index contributed by atoms with van der Waals surface area (Å²) in [6.45, 7) is 11.7. The lowest BCUT2D eigenvalue weighted by molar-refractivity contribution is -0.194. The van der Waals surface area contributed by atoms with Gasteiger partial charge in [0.05, 0.1) is 0 Å². The number of hydrogen-bond acceptors (Lipinski definition) is 3. The zero-order chi connectivity index (χ0) is 15.9. The van der Waals surface area contributed by atoms with Gasteiger partial charge in [-0.05, 0) is 27.5 Å². The van der Waals surface area contributed by atoms with Crippen molar-refractivity contribution in [3.63, 3.8) is 0 Å². The van der Waals surface area contributed by atoms with Crippen LogP contribution in [0.2, 0.25) is 0 Å². The molecular formula is C15H24O4P-. The first-order chi connectivity index (χ1) is 8.72. The Bertz CT molecular complexity index is 509. The van der Waals surface area contributed by atoms with Gasteiger partial charge in [0.15, 0.2) is 0 Å². The summed E-state index contributed by atoms with van der Waals surface area (Å²) in [7, 11) is -4.38. The van der Waals surface area contributed by atoms with Crippen LogP contribution in [0.3, 0.4) is 0 Å². The maximum absolute atomic E-state index is 11.1. The average molecular weight is 299 g/mol. The summed E-state index contributed by atoms with van der Waals surface area (Å²) in [4.78, 5) is 20.2. The molecule has 0 radical (unpaired) electrons. The molecule has 0 aliphatic rings. The van der Waals surface area contributed by atoms with Gasteiger partial charge >= 0.3 is 0 Å². The molecule has 0 fully saturated rings. The molecule has 5 heteroatoms. The first-order valence-corrected chi connectivity index (χ1v) is 8.38. The highest BCUT2D eigenvalue weighted by atomic mass is 31.2. The van der Waals surface area contributed by atoms with Crippen molar-refractivity contribution in [1.82, 2.24) is 0 Å². The molecular weight excluding hydrogens is 275 g/mol. The van der Waals surface area contributed by atoms with Crippen LogP contribution in [0.15, 0.2) is 12.1 Å². The van der Waals surface area contributed by atoms with E-state index < -0.39 is 13.8 Å². The Morgan fingerprint density at radius 1 is 1.05 bits per heavy atom. The number of aromatic hydroxyl groups is 1. The van der Waals surface area contributed by atoms with E-state index in [0.717, 1.165) is 0 Å². The van der Waals surface area contributed by atoms with Crippen molar-refractivity contribution in [3.05, 3.63) is 28.8 Å². The molecule has 0 aliphatic heterocycles. The highest BCUT2D eigenvalue weighted by Crippen LogP contribution is 2.42.